The molecule has 2 N–H and O–H groups in total. The number of hydrogen-bond donors (Lipinski definition) is 2. The first-order valence-corrected chi connectivity index (χ1v) is 10.2. The molecule has 1 aliphatic heterocycles. The number of aliphatic imine (C=N–C) groups is 1. The molecule has 2 heterocycles. The summed E-state index contributed by atoms with van der Waals surface area (Å²) in [6.07, 6.45) is 8.33. The third-order valence-corrected chi connectivity index (χ3v) is 6.53. The van der Waals surface area contributed by atoms with E-state index in [0.717, 1.165) is 56.4 Å². The van der Waals surface area contributed by atoms with Gasteiger partial charge in [-0.05, 0) is 32.6 Å². The van der Waals surface area contributed by atoms with Crippen molar-refractivity contribution in [3.8, 4) is 0 Å². The molecule has 7 nitrogen and oxygen atoms in total. The molecule has 0 saturated heterocycles. The SMILES string of the molecule is CCOC1CC(NC(=NC)NC2CCc3nc(CC)nn3C2)C12CCC2.I. The Balaban J connectivity index is 0.00000210. The normalized spacial score (nSPS) is 28.6. The van der Waals surface area contributed by atoms with E-state index < -0.39 is 0 Å². The molecule has 3 atom stereocenters. The van der Waals surface area contributed by atoms with Gasteiger partial charge in [-0.25, -0.2) is 9.67 Å². The van der Waals surface area contributed by atoms with E-state index in [2.05, 4.69) is 44.2 Å². The molecule has 1 aromatic rings. The van der Waals surface area contributed by atoms with Crippen molar-refractivity contribution in [3.05, 3.63) is 11.6 Å². The summed E-state index contributed by atoms with van der Waals surface area (Å²) in [6.45, 7) is 5.88. The lowest BCUT2D eigenvalue weighted by molar-refractivity contribution is -0.168. The fraction of sp³-hybridized carbons (Fsp3) is 0.842. The number of rotatable bonds is 5. The molecule has 0 bridgehead atoms. The quantitative estimate of drug-likeness (QED) is 0.378. The highest BCUT2D eigenvalue weighted by Gasteiger charge is 2.59. The van der Waals surface area contributed by atoms with Crippen molar-refractivity contribution in [3.63, 3.8) is 0 Å². The number of hydrogen-bond acceptors (Lipinski definition) is 4. The van der Waals surface area contributed by atoms with Crippen LogP contribution in [0, 0.1) is 5.41 Å². The minimum absolute atomic E-state index is 0. The summed E-state index contributed by atoms with van der Waals surface area (Å²) >= 11 is 0. The molecule has 1 spiro atoms. The van der Waals surface area contributed by atoms with Gasteiger partial charge in [-0.3, -0.25) is 4.99 Å². The van der Waals surface area contributed by atoms with E-state index in [1.54, 1.807) is 0 Å². The Morgan fingerprint density at radius 3 is 2.78 bits per heavy atom. The van der Waals surface area contributed by atoms with E-state index in [-0.39, 0.29) is 24.0 Å². The molecule has 8 heteroatoms. The van der Waals surface area contributed by atoms with Gasteiger partial charge in [0.05, 0.1) is 12.6 Å². The van der Waals surface area contributed by atoms with Crippen molar-refractivity contribution >= 4 is 29.9 Å². The van der Waals surface area contributed by atoms with Crippen molar-refractivity contribution in [1.82, 2.24) is 25.4 Å². The molecule has 152 valence electrons. The standard InChI is InChI=1S/C19H32N6O.HI/c1-4-16-23-17-8-7-13(12-25(17)24-16)21-18(20-3)22-14-11-15(26-5-2)19(14)9-6-10-19;/h13-15H,4-12H2,1-3H3,(H2,20,21,22);1H. The van der Waals surface area contributed by atoms with Crippen molar-refractivity contribution in [2.45, 2.75) is 83.5 Å². The minimum atomic E-state index is 0. The van der Waals surface area contributed by atoms with Gasteiger partial charge in [-0.2, -0.15) is 5.10 Å². The van der Waals surface area contributed by atoms with Gasteiger partial charge >= 0.3 is 0 Å². The maximum absolute atomic E-state index is 5.96. The second kappa shape index (κ2) is 8.63. The number of aryl methyl sites for hydroxylation is 2. The summed E-state index contributed by atoms with van der Waals surface area (Å²) in [6, 6.07) is 0.830. The van der Waals surface area contributed by atoms with Gasteiger partial charge in [0.1, 0.15) is 5.82 Å². The molecular weight excluding hydrogens is 455 g/mol. The van der Waals surface area contributed by atoms with E-state index in [9.17, 15) is 0 Å². The van der Waals surface area contributed by atoms with Gasteiger partial charge in [-0.15, -0.1) is 24.0 Å². The van der Waals surface area contributed by atoms with E-state index in [4.69, 9.17) is 4.74 Å². The number of nitrogens with one attached hydrogen (secondary N) is 2. The zero-order valence-corrected chi connectivity index (χ0v) is 19.0. The summed E-state index contributed by atoms with van der Waals surface area (Å²) in [5.74, 6) is 2.99. The van der Waals surface area contributed by atoms with Gasteiger partial charge < -0.3 is 15.4 Å². The van der Waals surface area contributed by atoms with Crippen molar-refractivity contribution in [2.75, 3.05) is 13.7 Å². The van der Waals surface area contributed by atoms with Gasteiger partial charge in [0.15, 0.2) is 11.8 Å². The van der Waals surface area contributed by atoms with E-state index in [1.807, 2.05) is 7.05 Å². The van der Waals surface area contributed by atoms with Crippen LogP contribution in [0.15, 0.2) is 4.99 Å². The van der Waals surface area contributed by atoms with Crippen LogP contribution in [-0.2, 0) is 24.1 Å². The van der Waals surface area contributed by atoms with E-state index >= 15 is 0 Å². The molecule has 3 aliphatic rings. The molecule has 2 fully saturated rings. The van der Waals surface area contributed by atoms with E-state index in [1.165, 1.54) is 19.3 Å². The smallest absolute Gasteiger partial charge is 0.191 e. The van der Waals surface area contributed by atoms with Gasteiger partial charge in [0.2, 0.25) is 0 Å². The number of halogens is 1. The molecule has 1 aromatic heterocycles. The summed E-state index contributed by atoms with van der Waals surface area (Å²) in [5, 5.41) is 11.9. The largest absolute Gasteiger partial charge is 0.378 e. The maximum Gasteiger partial charge on any atom is 0.191 e. The molecular formula is C19H33IN6O. The highest BCUT2D eigenvalue weighted by molar-refractivity contribution is 14.0. The van der Waals surface area contributed by atoms with Crippen LogP contribution in [0.1, 0.15) is 57.6 Å². The predicted octanol–water partition coefficient (Wildman–Crippen LogP) is 2.29. The molecule has 3 unspecified atom stereocenters. The lowest BCUT2D eigenvalue weighted by Gasteiger charge is -2.61. The van der Waals surface area contributed by atoms with Gasteiger partial charge in [-0.1, -0.05) is 13.3 Å². The van der Waals surface area contributed by atoms with Crippen LogP contribution in [-0.4, -0.2) is 52.6 Å². The Kier molecular flexibility index (Phi) is 6.66. The molecule has 0 aromatic carbocycles. The van der Waals surface area contributed by atoms with Crippen molar-refractivity contribution in [1.29, 1.82) is 0 Å². The number of ether oxygens (including phenoxy) is 1. The van der Waals surface area contributed by atoms with Crippen LogP contribution in [0.5, 0.6) is 0 Å². The number of guanidine groups is 1. The van der Waals surface area contributed by atoms with Crippen LogP contribution >= 0.6 is 24.0 Å². The van der Waals surface area contributed by atoms with Crippen LogP contribution in [0.2, 0.25) is 0 Å². The van der Waals surface area contributed by atoms with Gasteiger partial charge in [0, 0.05) is 44.0 Å². The molecule has 0 radical (unpaired) electrons. The highest BCUT2D eigenvalue weighted by atomic mass is 127. The monoisotopic (exact) mass is 488 g/mol. The van der Waals surface area contributed by atoms with E-state index in [0.29, 0.717) is 23.6 Å². The summed E-state index contributed by atoms with van der Waals surface area (Å²) in [5.41, 5.74) is 0.343. The first kappa shape index (κ1) is 20.8. The van der Waals surface area contributed by atoms with Gasteiger partial charge in [0.25, 0.3) is 0 Å². The van der Waals surface area contributed by atoms with Crippen LogP contribution in [0.4, 0.5) is 0 Å². The topological polar surface area (TPSA) is 76.4 Å². The van der Waals surface area contributed by atoms with Crippen LogP contribution in [0.25, 0.3) is 0 Å². The first-order chi connectivity index (χ1) is 12.7. The Labute approximate surface area is 179 Å². The van der Waals surface area contributed by atoms with Crippen LogP contribution in [0.3, 0.4) is 0 Å². The highest BCUT2D eigenvalue weighted by Crippen LogP contribution is 2.57. The fourth-order valence-electron chi connectivity index (χ4n) is 4.80. The second-order valence-electron chi connectivity index (χ2n) is 7.90. The zero-order chi connectivity index (χ0) is 18.1. The Bertz CT molecular complexity index is 671. The summed E-state index contributed by atoms with van der Waals surface area (Å²) in [7, 11) is 1.86. The lowest BCUT2D eigenvalue weighted by atomic mass is 9.51. The third-order valence-electron chi connectivity index (χ3n) is 6.53. The summed E-state index contributed by atoms with van der Waals surface area (Å²) < 4.78 is 8.03. The summed E-state index contributed by atoms with van der Waals surface area (Å²) in [4.78, 5) is 9.09. The molecule has 0 amide bonds. The molecule has 27 heavy (non-hydrogen) atoms. The molecule has 2 saturated carbocycles. The average Bonchev–Trinajstić information content (AvgIpc) is 3.00. The Morgan fingerprint density at radius 1 is 1.33 bits per heavy atom. The Hall–Kier alpha value is -0.900. The second-order valence-corrected chi connectivity index (χ2v) is 7.90. The average molecular weight is 488 g/mol. The maximum atomic E-state index is 5.96. The number of fused-ring (bicyclic) bond motifs is 1. The number of nitrogens with zero attached hydrogens (tertiary/aromatic N) is 4. The third kappa shape index (κ3) is 3.83. The van der Waals surface area contributed by atoms with Crippen LogP contribution < -0.4 is 10.6 Å². The van der Waals surface area contributed by atoms with Crippen molar-refractivity contribution < 1.29 is 4.74 Å². The Morgan fingerprint density at radius 2 is 2.15 bits per heavy atom. The fourth-order valence-corrected chi connectivity index (χ4v) is 4.80. The molecule has 2 aliphatic carbocycles. The first-order valence-electron chi connectivity index (χ1n) is 10.2. The zero-order valence-electron chi connectivity index (χ0n) is 16.7. The van der Waals surface area contributed by atoms with Crippen molar-refractivity contribution in [2.24, 2.45) is 10.4 Å². The predicted molar refractivity (Wildman–Crippen MR) is 117 cm³/mol. The minimum Gasteiger partial charge on any atom is -0.378 e. The number of aromatic nitrogens is 3. The lowest BCUT2D eigenvalue weighted by Crippen LogP contribution is -2.69. The molecule has 4 rings (SSSR count).